The lowest BCUT2D eigenvalue weighted by molar-refractivity contribution is -0.138. The smallest absolute Gasteiger partial charge is 0.325 e. The van der Waals surface area contributed by atoms with Gasteiger partial charge in [0.25, 0.3) is 0 Å². The summed E-state index contributed by atoms with van der Waals surface area (Å²) in [6.45, 7) is 1.18. The number of nitrogens with one attached hydrogen (secondary N) is 2. The summed E-state index contributed by atoms with van der Waals surface area (Å²) in [5, 5.41) is 12.3. The van der Waals surface area contributed by atoms with Crippen molar-refractivity contribution >= 4 is 17.7 Å². The molecule has 1 aromatic rings. The minimum atomic E-state index is -1.39. The topological polar surface area (TPSA) is 78.4 Å². The van der Waals surface area contributed by atoms with E-state index in [-0.39, 0.29) is 6.07 Å². The van der Waals surface area contributed by atoms with Gasteiger partial charge in [-0.3, -0.25) is 4.79 Å². The van der Waals surface area contributed by atoms with Crippen LogP contribution < -0.4 is 10.6 Å². The minimum absolute atomic E-state index is 0.269. The Morgan fingerprint density at radius 2 is 1.72 bits per heavy atom. The van der Waals surface area contributed by atoms with E-state index >= 15 is 0 Å². The van der Waals surface area contributed by atoms with Crippen molar-refractivity contribution in [2.24, 2.45) is 0 Å². The van der Waals surface area contributed by atoms with Crippen LogP contribution in [0.1, 0.15) is 6.92 Å². The van der Waals surface area contributed by atoms with Gasteiger partial charge in [0.1, 0.15) is 11.9 Å². The van der Waals surface area contributed by atoms with Gasteiger partial charge in [-0.05, 0) is 6.92 Å². The highest BCUT2D eigenvalue weighted by molar-refractivity contribution is 5.92. The number of anilines is 1. The molecule has 1 rings (SSSR count). The summed E-state index contributed by atoms with van der Waals surface area (Å²) >= 11 is 0. The zero-order valence-corrected chi connectivity index (χ0v) is 9.13. The van der Waals surface area contributed by atoms with Gasteiger partial charge in [0.2, 0.25) is 0 Å². The van der Waals surface area contributed by atoms with E-state index in [9.17, 15) is 22.8 Å². The molecule has 98 valence electrons. The predicted molar refractivity (Wildman–Crippen MR) is 55.6 cm³/mol. The van der Waals surface area contributed by atoms with Crippen LogP contribution in [0.5, 0.6) is 0 Å². The Bertz CT molecular complexity index is 494. The van der Waals surface area contributed by atoms with Crippen LogP contribution in [0.25, 0.3) is 0 Å². The lowest BCUT2D eigenvalue weighted by atomic mass is 10.3. The number of rotatable bonds is 3. The summed E-state index contributed by atoms with van der Waals surface area (Å²) in [4.78, 5) is 21.6. The number of aliphatic carboxylic acids is 1. The fourth-order valence-corrected chi connectivity index (χ4v) is 1.04. The molecule has 0 aliphatic carbocycles. The molecule has 0 heterocycles. The minimum Gasteiger partial charge on any atom is -0.480 e. The Morgan fingerprint density at radius 1 is 1.17 bits per heavy atom. The molecular formula is C10H9F3N2O3. The summed E-state index contributed by atoms with van der Waals surface area (Å²) in [5.41, 5.74) is -0.594. The van der Waals surface area contributed by atoms with Crippen molar-refractivity contribution in [2.75, 3.05) is 5.32 Å². The standard InChI is InChI=1S/C10H9F3N2O3/c1-4(9(16)17)14-10(18)15-8-3-6(12)5(11)2-7(8)13/h2-4H,1H3,(H,16,17)(H2,14,15,18)/t4-/m1/s1. The molecule has 0 saturated carbocycles. The number of benzene rings is 1. The van der Waals surface area contributed by atoms with Gasteiger partial charge < -0.3 is 15.7 Å². The maximum absolute atomic E-state index is 13.1. The number of amides is 2. The first-order valence-corrected chi connectivity index (χ1v) is 4.76. The van der Waals surface area contributed by atoms with Crippen molar-refractivity contribution in [3.8, 4) is 0 Å². The normalized spacial score (nSPS) is 11.8. The molecule has 8 heteroatoms. The molecule has 0 unspecified atom stereocenters. The van der Waals surface area contributed by atoms with Gasteiger partial charge in [-0.2, -0.15) is 0 Å². The summed E-state index contributed by atoms with van der Waals surface area (Å²) in [7, 11) is 0. The van der Waals surface area contributed by atoms with Gasteiger partial charge in [-0.15, -0.1) is 0 Å². The molecule has 1 atom stereocenters. The van der Waals surface area contributed by atoms with E-state index in [1.807, 2.05) is 10.6 Å². The van der Waals surface area contributed by atoms with Gasteiger partial charge in [0.05, 0.1) is 5.69 Å². The zero-order valence-electron chi connectivity index (χ0n) is 9.13. The first-order valence-electron chi connectivity index (χ1n) is 4.76. The Balaban J connectivity index is 2.76. The molecule has 1 aromatic carbocycles. The number of hydrogen-bond donors (Lipinski definition) is 3. The Kier molecular flexibility index (Phi) is 4.13. The number of carboxylic acids is 1. The van der Waals surface area contributed by atoms with E-state index in [1.165, 1.54) is 6.92 Å². The average Bonchev–Trinajstić information content (AvgIpc) is 2.25. The van der Waals surface area contributed by atoms with Gasteiger partial charge in [-0.25, -0.2) is 18.0 Å². The van der Waals surface area contributed by atoms with Gasteiger partial charge in [0, 0.05) is 12.1 Å². The van der Waals surface area contributed by atoms with Gasteiger partial charge in [-0.1, -0.05) is 0 Å². The predicted octanol–water partition coefficient (Wildman–Crippen LogP) is 1.70. The second-order valence-electron chi connectivity index (χ2n) is 3.40. The monoisotopic (exact) mass is 262 g/mol. The Hall–Kier alpha value is -2.25. The molecule has 0 aliphatic heterocycles. The van der Waals surface area contributed by atoms with Crippen molar-refractivity contribution in [3.05, 3.63) is 29.6 Å². The molecule has 5 nitrogen and oxygen atoms in total. The number of hydrogen-bond acceptors (Lipinski definition) is 2. The maximum atomic E-state index is 13.1. The number of halogens is 3. The highest BCUT2D eigenvalue weighted by atomic mass is 19.2. The van der Waals surface area contributed by atoms with Gasteiger partial charge >= 0.3 is 12.0 Å². The van der Waals surface area contributed by atoms with Crippen molar-refractivity contribution in [1.82, 2.24) is 5.32 Å². The van der Waals surface area contributed by atoms with E-state index < -0.39 is 41.2 Å². The number of carboxylic acid groups (broad SMARTS) is 1. The SMILES string of the molecule is C[C@@H](NC(=O)Nc1cc(F)c(F)cc1F)C(=O)O. The van der Waals surface area contributed by atoms with Crippen molar-refractivity contribution in [1.29, 1.82) is 0 Å². The first kappa shape index (κ1) is 13.8. The fourth-order valence-electron chi connectivity index (χ4n) is 1.04. The molecule has 2 amide bonds. The van der Waals surface area contributed by atoms with E-state index in [2.05, 4.69) is 0 Å². The van der Waals surface area contributed by atoms with Crippen molar-refractivity contribution in [3.63, 3.8) is 0 Å². The lowest BCUT2D eigenvalue weighted by Gasteiger charge is -2.11. The van der Waals surface area contributed by atoms with Crippen LogP contribution in [-0.4, -0.2) is 23.1 Å². The van der Waals surface area contributed by atoms with Gasteiger partial charge in [0.15, 0.2) is 11.6 Å². The molecule has 0 aliphatic rings. The molecule has 0 bridgehead atoms. The van der Waals surface area contributed by atoms with Crippen LogP contribution in [0.3, 0.4) is 0 Å². The second kappa shape index (κ2) is 5.39. The number of urea groups is 1. The van der Waals surface area contributed by atoms with Crippen LogP contribution in [0.2, 0.25) is 0 Å². The Morgan fingerprint density at radius 3 is 2.28 bits per heavy atom. The third-order valence-corrected chi connectivity index (χ3v) is 1.98. The molecule has 0 saturated heterocycles. The van der Waals surface area contributed by atoms with Crippen LogP contribution >= 0.6 is 0 Å². The molecule has 18 heavy (non-hydrogen) atoms. The van der Waals surface area contributed by atoms with Crippen LogP contribution in [-0.2, 0) is 4.79 Å². The number of carbonyl (C=O) groups excluding carboxylic acids is 1. The third kappa shape index (κ3) is 3.37. The average molecular weight is 262 g/mol. The Labute approximate surface area is 99.6 Å². The highest BCUT2D eigenvalue weighted by Gasteiger charge is 2.16. The first-order chi connectivity index (χ1) is 8.31. The largest absolute Gasteiger partial charge is 0.480 e. The molecular weight excluding hydrogens is 253 g/mol. The van der Waals surface area contributed by atoms with Crippen LogP contribution in [0, 0.1) is 17.5 Å². The summed E-state index contributed by atoms with van der Waals surface area (Å²) in [6.07, 6.45) is 0. The van der Waals surface area contributed by atoms with E-state index in [4.69, 9.17) is 5.11 Å². The quantitative estimate of drug-likeness (QED) is 0.725. The van der Waals surface area contributed by atoms with Crippen molar-refractivity contribution < 1.29 is 27.9 Å². The summed E-state index contributed by atoms with van der Waals surface area (Å²) in [6, 6.07) is -1.53. The number of carbonyl (C=O) groups is 2. The van der Waals surface area contributed by atoms with Crippen molar-refractivity contribution in [2.45, 2.75) is 13.0 Å². The molecule has 0 aromatic heterocycles. The zero-order chi connectivity index (χ0) is 13.9. The maximum Gasteiger partial charge on any atom is 0.325 e. The van der Waals surface area contributed by atoms with E-state index in [1.54, 1.807) is 0 Å². The molecule has 3 N–H and O–H groups in total. The van der Waals surface area contributed by atoms with Crippen LogP contribution in [0.15, 0.2) is 12.1 Å². The second-order valence-corrected chi connectivity index (χ2v) is 3.40. The summed E-state index contributed by atoms with van der Waals surface area (Å²) < 4.78 is 38.5. The lowest BCUT2D eigenvalue weighted by Crippen LogP contribution is -2.41. The molecule has 0 fully saturated rings. The molecule has 0 radical (unpaired) electrons. The fraction of sp³-hybridized carbons (Fsp3) is 0.200. The van der Waals surface area contributed by atoms with E-state index in [0.29, 0.717) is 6.07 Å². The summed E-state index contributed by atoms with van der Waals surface area (Å²) in [5.74, 6) is -5.20. The third-order valence-electron chi connectivity index (χ3n) is 1.98. The molecule has 0 spiro atoms. The van der Waals surface area contributed by atoms with Crippen LogP contribution in [0.4, 0.5) is 23.7 Å². The highest BCUT2D eigenvalue weighted by Crippen LogP contribution is 2.18. The van der Waals surface area contributed by atoms with E-state index in [0.717, 1.165) is 0 Å².